The number of carbonyl (C=O) groups is 1. The van der Waals surface area contributed by atoms with E-state index in [2.05, 4.69) is 21.8 Å². The van der Waals surface area contributed by atoms with Crippen LogP contribution in [0.3, 0.4) is 0 Å². The quantitative estimate of drug-likeness (QED) is 0.666. The lowest BCUT2D eigenvalue weighted by Gasteiger charge is -2.22. The highest BCUT2D eigenvalue weighted by Gasteiger charge is 2.35. The first kappa shape index (κ1) is 18.2. The molecule has 1 aromatic carbocycles. The molecule has 1 fully saturated rings. The molecule has 1 aliphatic heterocycles. The number of hydrogen-bond donors (Lipinski definition) is 2. The molecular weight excluding hydrogens is 356 g/mol. The topological polar surface area (TPSA) is 91.3 Å². The molecule has 144 valence electrons. The molecule has 0 aliphatic carbocycles. The molecule has 1 aliphatic rings. The Morgan fingerprint density at radius 1 is 1.39 bits per heavy atom. The number of carbonyl (C=O) groups excluding carboxylic acids is 1. The molecule has 0 radical (unpaired) electrons. The monoisotopic (exact) mass is 378 g/mol. The van der Waals surface area contributed by atoms with Crippen LogP contribution >= 0.6 is 0 Å². The second-order valence-electron chi connectivity index (χ2n) is 7.01. The van der Waals surface area contributed by atoms with Crippen LogP contribution in [-0.2, 0) is 9.53 Å². The lowest BCUT2D eigenvalue weighted by molar-refractivity contribution is -0.127. The summed E-state index contributed by atoms with van der Waals surface area (Å²) in [5.41, 5.74) is 2.96. The molecule has 2 unspecified atom stereocenters. The summed E-state index contributed by atoms with van der Waals surface area (Å²) in [6, 6.07) is 11.0. The molecule has 2 atom stereocenters. The van der Waals surface area contributed by atoms with Gasteiger partial charge in [-0.15, -0.1) is 10.2 Å². The van der Waals surface area contributed by atoms with Crippen LogP contribution in [0.2, 0.25) is 0 Å². The Kier molecular flexibility index (Phi) is 4.83. The van der Waals surface area contributed by atoms with Gasteiger partial charge in [-0.1, -0.05) is 18.7 Å². The molecule has 0 bridgehead atoms. The molecule has 2 N–H and O–H groups in total. The van der Waals surface area contributed by atoms with E-state index in [4.69, 9.17) is 4.74 Å². The van der Waals surface area contributed by atoms with Gasteiger partial charge < -0.3 is 19.7 Å². The number of rotatable bonds is 5. The van der Waals surface area contributed by atoms with Crippen molar-refractivity contribution in [1.29, 1.82) is 0 Å². The van der Waals surface area contributed by atoms with Crippen LogP contribution in [0, 0.1) is 0 Å². The Bertz CT molecular complexity index is 1030. The van der Waals surface area contributed by atoms with Gasteiger partial charge >= 0.3 is 0 Å². The van der Waals surface area contributed by atoms with Crippen molar-refractivity contribution in [3.8, 4) is 17.0 Å². The fraction of sp³-hybridized carbons (Fsp3) is 0.286. The van der Waals surface area contributed by atoms with Gasteiger partial charge in [-0.3, -0.25) is 4.79 Å². The first-order valence-electron chi connectivity index (χ1n) is 9.17. The number of benzene rings is 1. The first-order valence-corrected chi connectivity index (χ1v) is 9.17. The highest BCUT2D eigenvalue weighted by molar-refractivity contribution is 5.87. The number of methoxy groups -OCH3 is 1. The zero-order chi connectivity index (χ0) is 19.7. The van der Waals surface area contributed by atoms with E-state index in [1.54, 1.807) is 19.2 Å². The maximum absolute atomic E-state index is 12.2. The molecule has 3 aromatic rings. The fourth-order valence-corrected chi connectivity index (χ4v) is 3.88. The summed E-state index contributed by atoms with van der Waals surface area (Å²) in [5.74, 6) is 0.248. The number of aromatic hydroxyl groups is 1. The number of aromatic amines is 1. The van der Waals surface area contributed by atoms with Crippen molar-refractivity contribution in [2.75, 3.05) is 20.3 Å². The lowest BCUT2D eigenvalue weighted by atomic mass is 10.0. The SMILES string of the molecule is C=CC(=O)N1CC(c2cc3cc(-c4ccccc4O)nnc3[nH]2)CC1COC. The summed E-state index contributed by atoms with van der Waals surface area (Å²) in [5, 5.41) is 19.5. The van der Waals surface area contributed by atoms with Gasteiger partial charge in [-0.05, 0) is 36.8 Å². The number of likely N-dealkylation sites (tertiary alicyclic amines) is 1. The predicted octanol–water partition coefficient (Wildman–Crippen LogP) is 2.85. The molecule has 3 heterocycles. The average Bonchev–Trinajstić information content (AvgIpc) is 3.31. The smallest absolute Gasteiger partial charge is 0.246 e. The second kappa shape index (κ2) is 7.44. The summed E-state index contributed by atoms with van der Waals surface area (Å²) in [6.07, 6.45) is 2.15. The third kappa shape index (κ3) is 3.25. The van der Waals surface area contributed by atoms with Crippen LogP contribution in [0.1, 0.15) is 18.0 Å². The third-order valence-electron chi connectivity index (χ3n) is 5.25. The van der Waals surface area contributed by atoms with E-state index >= 15 is 0 Å². The minimum absolute atomic E-state index is 0.0230. The van der Waals surface area contributed by atoms with Gasteiger partial charge in [0, 0.05) is 36.2 Å². The highest BCUT2D eigenvalue weighted by Crippen LogP contribution is 2.34. The number of phenolic OH excluding ortho intramolecular Hbond substituents is 1. The van der Waals surface area contributed by atoms with E-state index in [1.807, 2.05) is 29.2 Å². The van der Waals surface area contributed by atoms with Gasteiger partial charge in [0.05, 0.1) is 18.3 Å². The Hall–Kier alpha value is -3.19. The number of amides is 1. The molecule has 28 heavy (non-hydrogen) atoms. The normalized spacial score (nSPS) is 19.2. The number of nitrogens with one attached hydrogen (secondary N) is 1. The Balaban J connectivity index is 1.64. The standard InChI is InChI=1S/C21H22N4O3/c1-3-20(27)25-11-14(8-15(25)12-28-2)17-9-13-10-18(23-24-21(13)22-17)16-6-4-5-7-19(16)26/h3-7,9-10,14-15,26H,1,8,11-12H2,2H3,(H,22,24). The molecule has 0 spiro atoms. The number of para-hydroxylation sites is 1. The van der Waals surface area contributed by atoms with Gasteiger partial charge in [0.1, 0.15) is 5.75 Å². The van der Waals surface area contributed by atoms with Gasteiger partial charge in [0.25, 0.3) is 0 Å². The summed E-state index contributed by atoms with van der Waals surface area (Å²) in [6.45, 7) is 4.70. The zero-order valence-electron chi connectivity index (χ0n) is 15.6. The maximum atomic E-state index is 12.2. The van der Waals surface area contributed by atoms with Gasteiger partial charge in [-0.25, -0.2) is 0 Å². The molecule has 2 aromatic heterocycles. The third-order valence-corrected chi connectivity index (χ3v) is 5.25. The summed E-state index contributed by atoms with van der Waals surface area (Å²) in [4.78, 5) is 17.3. The average molecular weight is 378 g/mol. The zero-order valence-corrected chi connectivity index (χ0v) is 15.6. The lowest BCUT2D eigenvalue weighted by Crippen LogP contribution is -2.37. The van der Waals surface area contributed by atoms with Crippen LogP contribution in [-0.4, -0.2) is 57.4 Å². The Labute approximate surface area is 162 Å². The number of phenols is 1. The van der Waals surface area contributed by atoms with Crippen molar-refractivity contribution < 1.29 is 14.6 Å². The van der Waals surface area contributed by atoms with E-state index in [9.17, 15) is 9.90 Å². The van der Waals surface area contributed by atoms with Crippen molar-refractivity contribution in [3.05, 3.63) is 54.7 Å². The number of ether oxygens (including phenoxy) is 1. The van der Waals surface area contributed by atoms with Crippen molar-refractivity contribution in [3.63, 3.8) is 0 Å². The number of hydrogen-bond acceptors (Lipinski definition) is 5. The van der Waals surface area contributed by atoms with Crippen molar-refractivity contribution in [2.45, 2.75) is 18.4 Å². The van der Waals surface area contributed by atoms with Crippen molar-refractivity contribution in [2.24, 2.45) is 0 Å². The van der Waals surface area contributed by atoms with Crippen LogP contribution in [0.4, 0.5) is 0 Å². The molecule has 0 saturated carbocycles. The van der Waals surface area contributed by atoms with Crippen LogP contribution < -0.4 is 0 Å². The van der Waals surface area contributed by atoms with Gasteiger partial charge in [-0.2, -0.15) is 0 Å². The molecule has 7 heteroatoms. The maximum Gasteiger partial charge on any atom is 0.246 e. The first-order chi connectivity index (χ1) is 13.6. The molecule has 4 rings (SSSR count). The number of H-pyrrole nitrogens is 1. The van der Waals surface area contributed by atoms with Crippen LogP contribution in [0.25, 0.3) is 22.3 Å². The number of aromatic nitrogens is 3. The molecule has 7 nitrogen and oxygen atoms in total. The van der Waals surface area contributed by atoms with Crippen LogP contribution in [0.15, 0.2) is 49.1 Å². The summed E-state index contributed by atoms with van der Waals surface area (Å²) in [7, 11) is 1.64. The van der Waals surface area contributed by atoms with E-state index in [0.29, 0.717) is 30.1 Å². The van der Waals surface area contributed by atoms with E-state index in [-0.39, 0.29) is 23.6 Å². The highest BCUT2D eigenvalue weighted by atomic mass is 16.5. The Morgan fingerprint density at radius 3 is 2.96 bits per heavy atom. The van der Waals surface area contributed by atoms with Crippen molar-refractivity contribution in [1.82, 2.24) is 20.1 Å². The second-order valence-corrected chi connectivity index (χ2v) is 7.01. The van der Waals surface area contributed by atoms with E-state index < -0.39 is 0 Å². The van der Waals surface area contributed by atoms with E-state index in [0.717, 1.165) is 17.5 Å². The van der Waals surface area contributed by atoms with Gasteiger partial charge in [0.15, 0.2) is 5.65 Å². The van der Waals surface area contributed by atoms with E-state index in [1.165, 1.54) is 6.08 Å². The van der Waals surface area contributed by atoms with Gasteiger partial charge in [0.2, 0.25) is 5.91 Å². The minimum Gasteiger partial charge on any atom is -0.507 e. The number of fused-ring (bicyclic) bond motifs is 1. The number of nitrogens with zero attached hydrogens (tertiary/aromatic N) is 3. The Morgan fingerprint density at radius 2 is 2.21 bits per heavy atom. The molecular formula is C21H22N4O3. The molecule has 1 amide bonds. The molecule has 1 saturated heterocycles. The summed E-state index contributed by atoms with van der Waals surface area (Å²) >= 11 is 0. The van der Waals surface area contributed by atoms with Crippen LogP contribution in [0.5, 0.6) is 5.75 Å². The predicted molar refractivity (Wildman–Crippen MR) is 106 cm³/mol. The van der Waals surface area contributed by atoms with Crippen molar-refractivity contribution >= 4 is 16.9 Å². The minimum atomic E-state index is -0.0812. The largest absolute Gasteiger partial charge is 0.507 e. The summed E-state index contributed by atoms with van der Waals surface area (Å²) < 4.78 is 5.29. The fourth-order valence-electron chi connectivity index (χ4n) is 3.88.